The molecule has 2 aliphatic rings. The number of para-hydroxylation sites is 1. The van der Waals surface area contributed by atoms with Gasteiger partial charge in [-0.05, 0) is 55.5 Å². The van der Waals surface area contributed by atoms with Gasteiger partial charge in [0, 0.05) is 40.5 Å². The molecule has 1 amide bonds. The van der Waals surface area contributed by atoms with Crippen LogP contribution in [-0.2, 0) is 10.3 Å². The summed E-state index contributed by atoms with van der Waals surface area (Å²) in [7, 11) is 1.63. The maximum absolute atomic E-state index is 13.6. The van der Waals surface area contributed by atoms with E-state index >= 15 is 0 Å². The number of hydrogen-bond acceptors (Lipinski definition) is 6. The fourth-order valence-electron chi connectivity index (χ4n) is 4.78. The number of ether oxygens (including phenoxy) is 1. The molecular weight excluding hydrogens is 414 g/mol. The summed E-state index contributed by atoms with van der Waals surface area (Å²) in [4.78, 5) is 22.7. The van der Waals surface area contributed by atoms with E-state index in [2.05, 4.69) is 16.4 Å². The summed E-state index contributed by atoms with van der Waals surface area (Å²) in [5.74, 6) is 0.585. The molecule has 1 atom stereocenters. The molecule has 0 saturated carbocycles. The average Bonchev–Trinajstić information content (AvgIpc) is 3.38. The molecule has 1 spiro atoms. The van der Waals surface area contributed by atoms with Crippen LogP contribution >= 0.6 is 0 Å². The van der Waals surface area contributed by atoms with Gasteiger partial charge in [0.05, 0.1) is 18.5 Å². The number of methoxy groups -OCH3 is 1. The highest BCUT2D eigenvalue weighted by Gasteiger charge is 2.56. The first kappa shape index (κ1) is 19.4. The second-order valence-corrected chi connectivity index (χ2v) is 8.27. The minimum absolute atomic E-state index is 0.110. The molecule has 6 rings (SSSR count). The van der Waals surface area contributed by atoms with Gasteiger partial charge in [0.15, 0.2) is 11.2 Å². The molecule has 2 aliphatic heterocycles. The van der Waals surface area contributed by atoms with Gasteiger partial charge in [0.25, 0.3) is 5.91 Å². The Labute approximate surface area is 190 Å². The first-order valence-electron chi connectivity index (χ1n) is 10.8. The molecule has 0 saturated heterocycles. The van der Waals surface area contributed by atoms with Crippen molar-refractivity contribution in [3.63, 3.8) is 0 Å². The topological polar surface area (TPSA) is 79.7 Å². The van der Waals surface area contributed by atoms with E-state index in [1.807, 2.05) is 72.6 Å². The lowest BCUT2D eigenvalue weighted by Crippen LogP contribution is -2.46. The third-order valence-electron chi connectivity index (χ3n) is 6.39. The third kappa shape index (κ3) is 2.82. The van der Waals surface area contributed by atoms with Crippen LogP contribution in [0.5, 0.6) is 5.75 Å². The highest BCUT2D eigenvalue weighted by Crippen LogP contribution is 2.50. The molecule has 1 N–H and O–H groups in total. The van der Waals surface area contributed by atoms with E-state index in [-0.39, 0.29) is 5.91 Å². The van der Waals surface area contributed by atoms with Crippen LogP contribution < -0.4 is 15.1 Å². The largest absolute Gasteiger partial charge is 0.497 e. The maximum atomic E-state index is 13.6. The van der Waals surface area contributed by atoms with Crippen LogP contribution in [0.25, 0.3) is 11.0 Å². The lowest BCUT2D eigenvalue weighted by molar-refractivity contribution is -0.120. The molecule has 4 aromatic rings. The van der Waals surface area contributed by atoms with E-state index in [1.165, 1.54) is 0 Å². The summed E-state index contributed by atoms with van der Waals surface area (Å²) in [6.45, 7) is 1.95. The second-order valence-electron chi connectivity index (χ2n) is 8.27. The van der Waals surface area contributed by atoms with E-state index in [9.17, 15) is 4.79 Å². The molecule has 2 aromatic heterocycles. The van der Waals surface area contributed by atoms with Crippen LogP contribution in [0, 0.1) is 6.92 Å². The van der Waals surface area contributed by atoms with Crippen molar-refractivity contribution < 1.29 is 9.53 Å². The Kier molecular flexibility index (Phi) is 4.20. The number of hydrogen-bond donors (Lipinski definition) is 1. The summed E-state index contributed by atoms with van der Waals surface area (Å²) < 4.78 is 5.49. The lowest BCUT2D eigenvalue weighted by atomic mass is 9.84. The van der Waals surface area contributed by atoms with Crippen LogP contribution in [0.4, 0.5) is 11.4 Å². The number of fused-ring (bicyclic) bond motifs is 3. The molecule has 0 radical (unpaired) electrons. The van der Waals surface area contributed by atoms with Crippen LogP contribution in [0.15, 0.2) is 78.0 Å². The standard InChI is InChI=1S/C26H21N5O2/c1-16-20(13-17-7-6-12-27-24(17)28-16)23-15-26(31(30-23)18-8-4-3-5-9-18)21-14-19(33-2)10-11-22(21)29-25(26)32/h3-14H,15H2,1-2H3,(H,29,32). The Bertz CT molecular complexity index is 1450. The number of pyridine rings is 2. The number of aromatic nitrogens is 2. The second kappa shape index (κ2) is 7.13. The van der Waals surface area contributed by atoms with E-state index in [0.717, 1.165) is 39.3 Å². The van der Waals surface area contributed by atoms with Crippen LogP contribution in [0.1, 0.15) is 23.2 Å². The number of hydrazone groups is 1. The number of nitrogens with one attached hydrogen (secondary N) is 1. The number of benzene rings is 2. The number of carbonyl (C=O) groups excluding carboxylic acids is 1. The fourth-order valence-corrected chi connectivity index (χ4v) is 4.78. The van der Waals surface area contributed by atoms with Gasteiger partial charge in [-0.25, -0.2) is 15.0 Å². The summed E-state index contributed by atoms with van der Waals surface area (Å²) >= 11 is 0. The van der Waals surface area contributed by atoms with Gasteiger partial charge >= 0.3 is 0 Å². The summed E-state index contributed by atoms with van der Waals surface area (Å²) in [6, 6.07) is 21.4. The molecule has 7 nitrogen and oxygen atoms in total. The predicted octanol–water partition coefficient (Wildman–Crippen LogP) is 4.41. The van der Waals surface area contributed by atoms with Gasteiger partial charge in [0.2, 0.25) is 0 Å². The highest BCUT2D eigenvalue weighted by atomic mass is 16.5. The van der Waals surface area contributed by atoms with Crippen molar-refractivity contribution in [1.82, 2.24) is 9.97 Å². The number of carbonyl (C=O) groups is 1. The minimum atomic E-state index is -1.02. The first-order chi connectivity index (χ1) is 16.1. The Hall–Kier alpha value is -4.26. The molecule has 0 aliphatic carbocycles. The summed E-state index contributed by atoms with van der Waals surface area (Å²) in [5, 5.41) is 10.9. The Morgan fingerprint density at radius 1 is 1.06 bits per heavy atom. The minimum Gasteiger partial charge on any atom is -0.497 e. The van der Waals surface area contributed by atoms with Crippen LogP contribution in [0.3, 0.4) is 0 Å². The monoisotopic (exact) mass is 435 g/mol. The van der Waals surface area contributed by atoms with Gasteiger partial charge in [-0.15, -0.1) is 0 Å². The van der Waals surface area contributed by atoms with Crippen molar-refractivity contribution in [1.29, 1.82) is 0 Å². The maximum Gasteiger partial charge on any atom is 0.257 e. The van der Waals surface area contributed by atoms with Crippen molar-refractivity contribution in [2.75, 3.05) is 17.4 Å². The highest BCUT2D eigenvalue weighted by molar-refractivity contribution is 6.16. The van der Waals surface area contributed by atoms with Crippen molar-refractivity contribution in [3.8, 4) is 5.75 Å². The molecule has 2 aromatic carbocycles. The first-order valence-corrected chi connectivity index (χ1v) is 10.8. The third-order valence-corrected chi connectivity index (χ3v) is 6.39. The zero-order valence-electron chi connectivity index (χ0n) is 18.2. The van der Waals surface area contributed by atoms with Crippen molar-refractivity contribution in [3.05, 3.63) is 89.7 Å². The normalized spacial score (nSPS) is 19.0. The van der Waals surface area contributed by atoms with Gasteiger partial charge < -0.3 is 10.1 Å². The Balaban J connectivity index is 1.57. The average molecular weight is 435 g/mol. The molecule has 162 valence electrons. The number of amides is 1. The molecule has 1 unspecified atom stereocenters. The van der Waals surface area contributed by atoms with Crippen molar-refractivity contribution in [2.45, 2.75) is 18.9 Å². The summed E-state index contributed by atoms with van der Waals surface area (Å²) in [6.07, 6.45) is 2.14. The van der Waals surface area contributed by atoms with Crippen LogP contribution in [0.2, 0.25) is 0 Å². The zero-order valence-corrected chi connectivity index (χ0v) is 18.2. The van der Waals surface area contributed by atoms with Gasteiger partial charge in [-0.1, -0.05) is 18.2 Å². The number of nitrogens with zero attached hydrogens (tertiary/aromatic N) is 4. The SMILES string of the molecule is COc1ccc2c(c1)C1(CC(c3cc4cccnc4nc3C)=NN1c1ccccc1)C(=O)N2. The molecule has 4 heterocycles. The number of aryl methyl sites for hydroxylation is 1. The quantitative estimate of drug-likeness (QED) is 0.516. The molecule has 0 bridgehead atoms. The Morgan fingerprint density at radius 2 is 1.91 bits per heavy atom. The number of rotatable bonds is 3. The lowest BCUT2D eigenvalue weighted by Gasteiger charge is -2.32. The van der Waals surface area contributed by atoms with Crippen molar-refractivity contribution in [2.24, 2.45) is 5.10 Å². The zero-order chi connectivity index (χ0) is 22.6. The van der Waals surface area contributed by atoms with Crippen LogP contribution in [-0.4, -0.2) is 28.7 Å². The molecule has 7 heteroatoms. The van der Waals surface area contributed by atoms with E-state index in [0.29, 0.717) is 17.8 Å². The van der Waals surface area contributed by atoms with Crippen molar-refractivity contribution >= 4 is 34.0 Å². The molecule has 0 fully saturated rings. The summed E-state index contributed by atoms with van der Waals surface area (Å²) in [5.41, 5.74) is 4.69. The predicted molar refractivity (Wildman–Crippen MR) is 128 cm³/mol. The molecular formula is C26H21N5O2. The van der Waals surface area contributed by atoms with Gasteiger partial charge in [-0.2, -0.15) is 5.10 Å². The van der Waals surface area contributed by atoms with E-state index in [1.54, 1.807) is 13.3 Å². The van der Waals surface area contributed by atoms with Gasteiger partial charge in [0.1, 0.15) is 5.75 Å². The Morgan fingerprint density at radius 3 is 2.73 bits per heavy atom. The van der Waals surface area contributed by atoms with Gasteiger partial charge in [-0.3, -0.25) is 4.79 Å². The smallest absolute Gasteiger partial charge is 0.257 e. The fraction of sp³-hybridized carbons (Fsp3) is 0.154. The van der Waals surface area contributed by atoms with E-state index in [4.69, 9.17) is 14.8 Å². The number of anilines is 2. The van der Waals surface area contributed by atoms with E-state index < -0.39 is 5.54 Å². The molecule has 33 heavy (non-hydrogen) atoms.